The van der Waals surface area contributed by atoms with Crippen LogP contribution in [0.1, 0.15) is 26.7 Å². The second-order valence-electron chi connectivity index (χ2n) is 5.05. The smallest absolute Gasteiger partial charge is 0.327 e. The molecule has 0 aliphatic heterocycles. The first-order chi connectivity index (χ1) is 8.57. The zero-order valence-electron chi connectivity index (χ0n) is 12.0. The summed E-state index contributed by atoms with van der Waals surface area (Å²) >= 11 is 0. The van der Waals surface area contributed by atoms with Gasteiger partial charge in [-0.15, -0.1) is 0 Å². The fourth-order valence-corrected chi connectivity index (χ4v) is 2.25. The minimum atomic E-state index is -0.639. The molecule has 1 aliphatic carbocycles. The van der Waals surface area contributed by atoms with Gasteiger partial charge in [-0.25, -0.2) is 0 Å². The van der Waals surface area contributed by atoms with Crippen LogP contribution in [0, 0.1) is 0 Å². The summed E-state index contributed by atoms with van der Waals surface area (Å²) in [5, 5.41) is 3.24. The van der Waals surface area contributed by atoms with Crippen molar-refractivity contribution in [3.8, 4) is 0 Å². The number of esters is 1. The lowest BCUT2D eigenvalue weighted by molar-refractivity contribution is -0.148. The Kier molecular flexibility index (Phi) is 6.05. The molecule has 1 saturated carbocycles. The van der Waals surface area contributed by atoms with Crippen LogP contribution in [0.4, 0.5) is 0 Å². The summed E-state index contributed by atoms with van der Waals surface area (Å²) in [6, 6.07) is 0.600. The van der Waals surface area contributed by atoms with E-state index in [0.29, 0.717) is 19.2 Å². The molecule has 18 heavy (non-hydrogen) atoms. The Morgan fingerprint density at radius 3 is 2.56 bits per heavy atom. The summed E-state index contributed by atoms with van der Waals surface area (Å²) in [5.41, 5.74) is -0.639. The zero-order chi connectivity index (χ0) is 13.6. The minimum Gasteiger partial charge on any atom is -0.468 e. The van der Waals surface area contributed by atoms with Crippen LogP contribution < -0.4 is 5.32 Å². The Morgan fingerprint density at radius 2 is 2.11 bits per heavy atom. The Labute approximate surface area is 110 Å². The molecule has 0 aromatic rings. The second kappa shape index (κ2) is 7.07. The van der Waals surface area contributed by atoms with Crippen molar-refractivity contribution < 1.29 is 14.3 Å². The molecule has 0 spiro atoms. The summed E-state index contributed by atoms with van der Waals surface area (Å²) in [5.74, 6) is -0.201. The number of carbonyl (C=O) groups excluding carboxylic acids is 1. The molecule has 0 aromatic heterocycles. The molecule has 0 amide bonds. The van der Waals surface area contributed by atoms with Crippen LogP contribution in [-0.2, 0) is 14.3 Å². The molecule has 1 aliphatic rings. The van der Waals surface area contributed by atoms with Gasteiger partial charge in [0.2, 0.25) is 0 Å². The molecule has 5 nitrogen and oxygen atoms in total. The molecule has 5 heteroatoms. The highest BCUT2D eigenvalue weighted by Crippen LogP contribution is 2.28. The van der Waals surface area contributed by atoms with Crippen LogP contribution in [0.5, 0.6) is 0 Å². The van der Waals surface area contributed by atoms with Crippen molar-refractivity contribution in [1.29, 1.82) is 0 Å². The van der Waals surface area contributed by atoms with Gasteiger partial charge in [-0.05, 0) is 26.3 Å². The Morgan fingerprint density at radius 1 is 1.44 bits per heavy atom. The average Bonchev–Trinajstić information content (AvgIpc) is 3.18. The number of carbonyl (C=O) groups is 1. The quantitative estimate of drug-likeness (QED) is 0.615. The molecule has 1 atom stereocenters. The normalized spacial score (nSPS) is 18.7. The molecule has 0 heterocycles. The van der Waals surface area contributed by atoms with Crippen LogP contribution >= 0.6 is 0 Å². The summed E-state index contributed by atoms with van der Waals surface area (Å²) in [6.45, 7) is 6.87. The van der Waals surface area contributed by atoms with E-state index in [2.05, 4.69) is 10.2 Å². The highest BCUT2D eigenvalue weighted by molar-refractivity contribution is 5.80. The fourth-order valence-electron chi connectivity index (χ4n) is 2.25. The van der Waals surface area contributed by atoms with Crippen molar-refractivity contribution in [1.82, 2.24) is 10.2 Å². The maximum Gasteiger partial charge on any atom is 0.327 e. The maximum absolute atomic E-state index is 11.9. The summed E-state index contributed by atoms with van der Waals surface area (Å²) in [7, 11) is 3.14. The SMILES string of the molecule is CCNC(C)(CN(CCOC)C1CC1)C(=O)OC. The number of rotatable bonds is 9. The molecule has 1 N–H and O–H groups in total. The van der Waals surface area contributed by atoms with Crippen molar-refractivity contribution >= 4 is 5.97 Å². The van der Waals surface area contributed by atoms with Crippen LogP contribution in [0.3, 0.4) is 0 Å². The van der Waals surface area contributed by atoms with Gasteiger partial charge in [0, 0.05) is 26.2 Å². The Hall–Kier alpha value is -0.650. The van der Waals surface area contributed by atoms with Gasteiger partial charge in [-0.3, -0.25) is 9.69 Å². The number of methoxy groups -OCH3 is 2. The van der Waals surface area contributed by atoms with E-state index in [1.165, 1.54) is 20.0 Å². The van der Waals surface area contributed by atoms with E-state index in [1.54, 1.807) is 7.11 Å². The van der Waals surface area contributed by atoms with Gasteiger partial charge in [0.1, 0.15) is 5.54 Å². The van der Waals surface area contributed by atoms with Crippen LogP contribution in [0.15, 0.2) is 0 Å². The predicted octanol–water partition coefficient (Wildman–Crippen LogP) is 0.638. The van der Waals surface area contributed by atoms with E-state index in [4.69, 9.17) is 9.47 Å². The van der Waals surface area contributed by atoms with Crippen LogP contribution in [-0.4, -0.2) is 62.9 Å². The highest BCUT2D eigenvalue weighted by atomic mass is 16.5. The summed E-state index contributed by atoms with van der Waals surface area (Å²) in [6.07, 6.45) is 2.43. The molecular weight excluding hydrogens is 232 g/mol. The molecule has 1 unspecified atom stereocenters. The highest BCUT2D eigenvalue weighted by Gasteiger charge is 2.39. The number of ether oxygens (including phenoxy) is 2. The van der Waals surface area contributed by atoms with E-state index < -0.39 is 5.54 Å². The zero-order valence-corrected chi connectivity index (χ0v) is 12.0. The van der Waals surface area contributed by atoms with Gasteiger partial charge in [0.15, 0.2) is 0 Å². The first kappa shape index (κ1) is 15.4. The van der Waals surface area contributed by atoms with E-state index in [0.717, 1.165) is 13.1 Å². The fraction of sp³-hybridized carbons (Fsp3) is 0.923. The lowest BCUT2D eigenvalue weighted by Crippen LogP contribution is -2.58. The van der Waals surface area contributed by atoms with Gasteiger partial charge in [0.25, 0.3) is 0 Å². The first-order valence-electron chi connectivity index (χ1n) is 6.63. The number of likely N-dealkylation sites (N-methyl/N-ethyl adjacent to an activating group) is 1. The molecule has 0 saturated heterocycles. The minimum absolute atomic E-state index is 0.201. The second-order valence-corrected chi connectivity index (χ2v) is 5.05. The summed E-state index contributed by atoms with van der Waals surface area (Å²) in [4.78, 5) is 14.3. The Bertz CT molecular complexity index is 269. The number of hydrogen-bond acceptors (Lipinski definition) is 5. The third-order valence-electron chi connectivity index (χ3n) is 3.37. The van der Waals surface area contributed by atoms with E-state index in [9.17, 15) is 4.79 Å². The van der Waals surface area contributed by atoms with E-state index >= 15 is 0 Å². The predicted molar refractivity (Wildman–Crippen MR) is 70.6 cm³/mol. The molecule has 0 radical (unpaired) electrons. The van der Waals surface area contributed by atoms with Crippen LogP contribution in [0.25, 0.3) is 0 Å². The van der Waals surface area contributed by atoms with Gasteiger partial charge < -0.3 is 14.8 Å². The molecular formula is C13H26N2O3. The topological polar surface area (TPSA) is 50.8 Å². The maximum atomic E-state index is 11.9. The largest absolute Gasteiger partial charge is 0.468 e. The third-order valence-corrected chi connectivity index (χ3v) is 3.37. The number of hydrogen-bond donors (Lipinski definition) is 1. The van der Waals surface area contributed by atoms with Gasteiger partial charge in [0.05, 0.1) is 13.7 Å². The Balaban J connectivity index is 2.63. The number of nitrogens with one attached hydrogen (secondary N) is 1. The first-order valence-corrected chi connectivity index (χ1v) is 6.63. The van der Waals surface area contributed by atoms with Crippen molar-refractivity contribution in [2.24, 2.45) is 0 Å². The van der Waals surface area contributed by atoms with E-state index in [-0.39, 0.29) is 5.97 Å². The van der Waals surface area contributed by atoms with Gasteiger partial charge in [-0.1, -0.05) is 6.92 Å². The molecule has 1 rings (SSSR count). The van der Waals surface area contributed by atoms with E-state index in [1.807, 2.05) is 13.8 Å². The molecule has 1 fully saturated rings. The average molecular weight is 258 g/mol. The van der Waals surface area contributed by atoms with Crippen molar-refractivity contribution in [2.45, 2.75) is 38.3 Å². The molecule has 0 bridgehead atoms. The lowest BCUT2D eigenvalue weighted by Gasteiger charge is -2.34. The van der Waals surface area contributed by atoms with Crippen molar-refractivity contribution in [2.75, 3.05) is 40.5 Å². The monoisotopic (exact) mass is 258 g/mol. The standard InChI is InChI=1S/C13H26N2O3/c1-5-14-13(2,12(16)18-4)10-15(8-9-17-3)11-6-7-11/h11,14H,5-10H2,1-4H3. The number of nitrogens with zero attached hydrogens (tertiary/aromatic N) is 1. The van der Waals surface area contributed by atoms with Gasteiger partial charge in [-0.2, -0.15) is 0 Å². The molecule has 0 aromatic carbocycles. The lowest BCUT2D eigenvalue weighted by atomic mass is 10.0. The third kappa shape index (κ3) is 4.23. The van der Waals surface area contributed by atoms with Crippen LogP contribution in [0.2, 0.25) is 0 Å². The molecule has 106 valence electrons. The van der Waals surface area contributed by atoms with Crippen molar-refractivity contribution in [3.63, 3.8) is 0 Å². The van der Waals surface area contributed by atoms with Crippen molar-refractivity contribution in [3.05, 3.63) is 0 Å². The van der Waals surface area contributed by atoms with Gasteiger partial charge >= 0.3 is 5.97 Å². The summed E-state index contributed by atoms with van der Waals surface area (Å²) < 4.78 is 10.0.